The highest BCUT2D eigenvalue weighted by Crippen LogP contribution is 2.70. The van der Waals surface area contributed by atoms with E-state index in [1.807, 2.05) is 20.8 Å². The van der Waals surface area contributed by atoms with Gasteiger partial charge in [0, 0.05) is 17.5 Å². The predicted molar refractivity (Wildman–Crippen MR) is 79.4 cm³/mol. The molecule has 2 unspecified atom stereocenters. The summed E-state index contributed by atoms with van der Waals surface area (Å²) in [7, 11) is 0. The van der Waals surface area contributed by atoms with Crippen molar-refractivity contribution in [2.24, 2.45) is 21.3 Å². The Morgan fingerprint density at radius 1 is 1.32 bits per heavy atom. The number of carboxylic acids is 1. The minimum Gasteiger partial charge on any atom is -0.481 e. The molecule has 2 saturated carbocycles. The Morgan fingerprint density at radius 3 is 2.59 bits per heavy atom. The molecule has 0 spiro atoms. The molecule has 1 heterocycles. The van der Waals surface area contributed by atoms with Gasteiger partial charge in [0.05, 0.1) is 11.7 Å². The normalized spacial score (nSPS) is 34.0. The topological polar surface area (TPSA) is 91.9 Å². The van der Waals surface area contributed by atoms with Crippen molar-refractivity contribution in [2.75, 3.05) is 0 Å². The number of carbonyl (C=O) groups is 2. The van der Waals surface area contributed by atoms with Crippen LogP contribution in [0.5, 0.6) is 0 Å². The molecule has 2 aliphatic carbocycles. The van der Waals surface area contributed by atoms with Crippen LogP contribution in [0.3, 0.4) is 0 Å². The first-order chi connectivity index (χ1) is 10.2. The number of carboxylic acid groups (broad SMARTS) is 1. The van der Waals surface area contributed by atoms with Crippen LogP contribution in [0.1, 0.15) is 50.6 Å². The number of hydrazone groups is 1. The van der Waals surface area contributed by atoms with E-state index in [0.29, 0.717) is 12.8 Å². The van der Waals surface area contributed by atoms with Crippen LogP contribution in [0.2, 0.25) is 0 Å². The van der Waals surface area contributed by atoms with Crippen molar-refractivity contribution in [1.82, 2.24) is 5.43 Å². The van der Waals surface area contributed by atoms with Gasteiger partial charge in [-0.05, 0) is 30.4 Å². The van der Waals surface area contributed by atoms with E-state index in [9.17, 15) is 14.7 Å². The van der Waals surface area contributed by atoms with E-state index in [1.54, 1.807) is 12.1 Å². The molecule has 1 aromatic rings. The number of rotatable bonds is 3. The molecule has 2 aliphatic rings. The summed E-state index contributed by atoms with van der Waals surface area (Å²) in [4.78, 5) is 23.8. The van der Waals surface area contributed by atoms with Gasteiger partial charge >= 0.3 is 11.9 Å². The second-order valence-corrected chi connectivity index (χ2v) is 7.00. The molecule has 0 saturated heterocycles. The lowest BCUT2D eigenvalue weighted by Gasteiger charge is -2.37. The number of nitrogens with zero attached hydrogens (tertiary/aromatic N) is 1. The summed E-state index contributed by atoms with van der Waals surface area (Å²) < 4.78 is 5.02. The van der Waals surface area contributed by atoms with Crippen LogP contribution in [0.4, 0.5) is 0 Å². The maximum absolute atomic E-state index is 11.9. The van der Waals surface area contributed by atoms with Crippen molar-refractivity contribution < 1.29 is 19.1 Å². The molecule has 2 N–H and O–H groups in total. The van der Waals surface area contributed by atoms with Gasteiger partial charge in [0.15, 0.2) is 5.76 Å². The Kier molecular flexibility index (Phi) is 2.99. The van der Waals surface area contributed by atoms with Crippen LogP contribution in [0.25, 0.3) is 0 Å². The third kappa shape index (κ3) is 1.63. The van der Waals surface area contributed by atoms with E-state index < -0.39 is 22.7 Å². The number of furan rings is 1. The Hall–Kier alpha value is -2.11. The van der Waals surface area contributed by atoms with Crippen molar-refractivity contribution >= 4 is 17.6 Å². The SMILES string of the molecule is CC12CCC(C(=O)O)(CC1=NNC(=O)c1ccco1)C2(C)C. The summed E-state index contributed by atoms with van der Waals surface area (Å²) in [6.07, 6.45) is 3.21. The lowest BCUT2D eigenvalue weighted by Crippen LogP contribution is -2.40. The van der Waals surface area contributed by atoms with Crippen LogP contribution < -0.4 is 5.43 Å². The maximum Gasteiger partial charge on any atom is 0.310 e. The van der Waals surface area contributed by atoms with E-state index in [2.05, 4.69) is 10.5 Å². The fourth-order valence-electron chi connectivity index (χ4n) is 4.11. The van der Waals surface area contributed by atoms with Crippen LogP contribution >= 0.6 is 0 Å². The van der Waals surface area contributed by atoms with E-state index in [0.717, 1.165) is 12.1 Å². The first kappa shape index (κ1) is 14.8. The molecule has 3 rings (SSSR count). The first-order valence-corrected chi connectivity index (χ1v) is 7.39. The van der Waals surface area contributed by atoms with Gasteiger partial charge in [-0.2, -0.15) is 5.10 Å². The molecule has 2 atom stereocenters. The molecule has 2 fully saturated rings. The van der Waals surface area contributed by atoms with E-state index >= 15 is 0 Å². The number of hydrogen-bond donors (Lipinski definition) is 2. The van der Waals surface area contributed by atoms with Crippen molar-refractivity contribution in [3.63, 3.8) is 0 Å². The van der Waals surface area contributed by atoms with Gasteiger partial charge in [-0.15, -0.1) is 0 Å². The largest absolute Gasteiger partial charge is 0.481 e. The fourth-order valence-corrected chi connectivity index (χ4v) is 4.11. The van der Waals surface area contributed by atoms with E-state index in [-0.39, 0.29) is 11.2 Å². The standard InChI is InChI=1S/C16H20N2O4/c1-14(2)15(3)6-7-16(14,13(20)21)9-11(15)17-18-12(19)10-5-4-8-22-10/h4-5,8H,6-7,9H2,1-3H3,(H,18,19)(H,20,21). The minimum atomic E-state index is -0.796. The minimum absolute atomic E-state index is 0.185. The predicted octanol–water partition coefficient (Wildman–Crippen LogP) is 2.67. The van der Waals surface area contributed by atoms with Gasteiger partial charge in [0.25, 0.3) is 0 Å². The molecule has 22 heavy (non-hydrogen) atoms. The Bertz CT molecular complexity index is 662. The second kappa shape index (κ2) is 4.44. The Labute approximate surface area is 128 Å². The summed E-state index contributed by atoms with van der Waals surface area (Å²) in [5.74, 6) is -1.01. The smallest absolute Gasteiger partial charge is 0.310 e. The van der Waals surface area contributed by atoms with Gasteiger partial charge in [-0.3, -0.25) is 9.59 Å². The molecule has 1 aromatic heterocycles. The van der Waals surface area contributed by atoms with Crippen LogP contribution in [0, 0.1) is 16.2 Å². The zero-order chi connectivity index (χ0) is 16.2. The van der Waals surface area contributed by atoms with Crippen LogP contribution in [0.15, 0.2) is 27.9 Å². The van der Waals surface area contributed by atoms with Gasteiger partial charge in [-0.1, -0.05) is 20.8 Å². The lowest BCUT2D eigenvalue weighted by molar-refractivity contribution is -0.154. The molecular weight excluding hydrogens is 284 g/mol. The van der Waals surface area contributed by atoms with Crippen LogP contribution in [-0.4, -0.2) is 22.7 Å². The molecule has 118 valence electrons. The number of aliphatic carboxylic acids is 1. The van der Waals surface area contributed by atoms with E-state index in [4.69, 9.17) is 4.42 Å². The highest BCUT2D eigenvalue weighted by Gasteiger charge is 2.71. The summed E-state index contributed by atoms with van der Waals surface area (Å²) in [5, 5.41) is 14.0. The fraction of sp³-hybridized carbons (Fsp3) is 0.562. The molecule has 0 aliphatic heterocycles. The lowest BCUT2D eigenvalue weighted by atomic mass is 9.65. The number of nitrogens with one attached hydrogen (secondary N) is 1. The Morgan fingerprint density at radius 2 is 2.05 bits per heavy atom. The number of hydrogen-bond acceptors (Lipinski definition) is 4. The number of carbonyl (C=O) groups excluding carboxylic acids is 1. The average Bonchev–Trinajstić information content (AvgIpc) is 3.09. The third-order valence-corrected chi connectivity index (χ3v) is 6.18. The van der Waals surface area contributed by atoms with Gasteiger partial charge in [0.2, 0.25) is 0 Å². The second-order valence-electron chi connectivity index (χ2n) is 7.00. The quantitative estimate of drug-likeness (QED) is 0.840. The molecular formula is C16H20N2O4. The molecule has 2 bridgehead atoms. The van der Waals surface area contributed by atoms with Crippen LogP contribution in [-0.2, 0) is 4.79 Å². The van der Waals surface area contributed by atoms with Crippen molar-refractivity contribution in [3.8, 4) is 0 Å². The molecule has 6 heteroatoms. The highest BCUT2D eigenvalue weighted by atomic mass is 16.4. The van der Waals surface area contributed by atoms with Crippen molar-refractivity contribution in [2.45, 2.75) is 40.0 Å². The van der Waals surface area contributed by atoms with Gasteiger partial charge < -0.3 is 9.52 Å². The number of fused-ring (bicyclic) bond motifs is 2. The molecule has 0 aromatic carbocycles. The summed E-state index contributed by atoms with van der Waals surface area (Å²) in [6.45, 7) is 6.03. The zero-order valence-electron chi connectivity index (χ0n) is 13.0. The molecule has 6 nitrogen and oxygen atoms in total. The first-order valence-electron chi connectivity index (χ1n) is 7.39. The van der Waals surface area contributed by atoms with Gasteiger partial charge in [0.1, 0.15) is 0 Å². The Balaban J connectivity index is 1.89. The molecule has 1 amide bonds. The average molecular weight is 304 g/mol. The number of amides is 1. The third-order valence-electron chi connectivity index (χ3n) is 6.18. The highest BCUT2D eigenvalue weighted by molar-refractivity contribution is 6.02. The van der Waals surface area contributed by atoms with E-state index in [1.165, 1.54) is 6.26 Å². The van der Waals surface area contributed by atoms with Gasteiger partial charge in [-0.25, -0.2) is 5.43 Å². The summed E-state index contributed by atoms with van der Waals surface area (Å²) in [6, 6.07) is 3.18. The monoisotopic (exact) mass is 304 g/mol. The summed E-state index contributed by atoms with van der Waals surface area (Å²) >= 11 is 0. The zero-order valence-corrected chi connectivity index (χ0v) is 13.0. The van der Waals surface area contributed by atoms with Crippen molar-refractivity contribution in [3.05, 3.63) is 24.2 Å². The van der Waals surface area contributed by atoms with Crippen molar-refractivity contribution in [1.29, 1.82) is 0 Å². The maximum atomic E-state index is 11.9. The summed E-state index contributed by atoms with van der Waals surface area (Å²) in [5.41, 5.74) is 1.73. The molecule has 0 radical (unpaired) electrons.